The third-order valence-corrected chi connectivity index (χ3v) is 4.92. The number of benzene rings is 2. The normalized spacial score (nSPS) is 14.6. The van der Waals surface area contributed by atoms with E-state index in [2.05, 4.69) is 19.1 Å². The number of hydrogen-bond donors (Lipinski definition) is 0. The molecule has 4 rings (SSSR count). The summed E-state index contributed by atoms with van der Waals surface area (Å²) < 4.78 is 7.97. The zero-order valence-electron chi connectivity index (χ0n) is 14.6. The quantitative estimate of drug-likeness (QED) is 0.730. The van der Waals surface area contributed by atoms with Crippen LogP contribution in [0.25, 0.3) is 10.9 Å². The zero-order valence-corrected chi connectivity index (χ0v) is 14.6. The maximum atomic E-state index is 12.8. The minimum atomic E-state index is 0.0702. The Kier molecular flexibility index (Phi) is 3.96. The third kappa shape index (κ3) is 2.88. The predicted octanol–water partition coefficient (Wildman–Crippen LogP) is 3.64. The highest BCUT2D eigenvalue weighted by atomic mass is 16.5. The van der Waals surface area contributed by atoms with Crippen molar-refractivity contribution in [2.45, 2.75) is 19.4 Å². The highest BCUT2D eigenvalue weighted by molar-refractivity contribution is 5.99. The van der Waals surface area contributed by atoms with Crippen LogP contribution in [-0.2, 0) is 13.5 Å². The maximum absolute atomic E-state index is 12.8. The van der Waals surface area contributed by atoms with E-state index in [4.69, 9.17) is 4.74 Å². The summed E-state index contributed by atoms with van der Waals surface area (Å²) in [7, 11) is 1.94. The number of aryl methyl sites for hydroxylation is 2. The number of carbonyl (C=O) groups excluding carboxylic acids is 1. The fourth-order valence-electron chi connectivity index (χ4n) is 3.37. The van der Waals surface area contributed by atoms with Crippen LogP contribution in [0.15, 0.2) is 54.6 Å². The lowest BCUT2D eigenvalue weighted by Crippen LogP contribution is -2.56. The van der Waals surface area contributed by atoms with Gasteiger partial charge in [0, 0.05) is 18.0 Å². The van der Waals surface area contributed by atoms with Gasteiger partial charge in [-0.2, -0.15) is 0 Å². The molecule has 1 aliphatic heterocycles. The van der Waals surface area contributed by atoms with Crippen molar-refractivity contribution >= 4 is 16.8 Å². The van der Waals surface area contributed by atoms with Crippen molar-refractivity contribution in [3.05, 3.63) is 65.9 Å². The van der Waals surface area contributed by atoms with Gasteiger partial charge in [-0.15, -0.1) is 0 Å². The summed E-state index contributed by atoms with van der Waals surface area (Å²) >= 11 is 0. The van der Waals surface area contributed by atoms with Crippen LogP contribution < -0.4 is 4.74 Å². The van der Waals surface area contributed by atoms with Gasteiger partial charge in [-0.05, 0) is 36.2 Å². The molecule has 0 aliphatic carbocycles. The van der Waals surface area contributed by atoms with E-state index in [1.54, 1.807) is 0 Å². The van der Waals surface area contributed by atoms with Gasteiger partial charge in [0.25, 0.3) is 5.91 Å². The minimum Gasteiger partial charge on any atom is -0.487 e. The van der Waals surface area contributed by atoms with Gasteiger partial charge in [0.2, 0.25) is 0 Å². The molecule has 1 saturated heterocycles. The molecule has 0 N–H and O–H groups in total. The van der Waals surface area contributed by atoms with E-state index in [0.29, 0.717) is 13.1 Å². The molecule has 1 aliphatic rings. The van der Waals surface area contributed by atoms with Crippen molar-refractivity contribution in [1.29, 1.82) is 0 Å². The molecule has 0 unspecified atom stereocenters. The van der Waals surface area contributed by atoms with Crippen molar-refractivity contribution < 1.29 is 9.53 Å². The third-order valence-electron chi connectivity index (χ3n) is 4.92. The van der Waals surface area contributed by atoms with Crippen molar-refractivity contribution in [1.82, 2.24) is 9.47 Å². The molecular formula is C21H22N2O2. The Labute approximate surface area is 147 Å². The number of amides is 1. The van der Waals surface area contributed by atoms with Crippen LogP contribution in [0.3, 0.4) is 0 Å². The fourth-order valence-corrected chi connectivity index (χ4v) is 3.37. The minimum absolute atomic E-state index is 0.0702. The predicted molar refractivity (Wildman–Crippen MR) is 99.1 cm³/mol. The molecule has 4 nitrogen and oxygen atoms in total. The number of carbonyl (C=O) groups is 1. The Hall–Kier alpha value is -2.75. The second-order valence-electron chi connectivity index (χ2n) is 6.60. The molecule has 25 heavy (non-hydrogen) atoms. The van der Waals surface area contributed by atoms with E-state index in [-0.39, 0.29) is 12.0 Å². The first kappa shape index (κ1) is 15.8. The van der Waals surface area contributed by atoms with Crippen LogP contribution in [0.4, 0.5) is 0 Å². The number of para-hydroxylation sites is 1. The lowest BCUT2D eigenvalue weighted by Gasteiger charge is -2.39. The van der Waals surface area contributed by atoms with E-state index in [1.165, 1.54) is 5.56 Å². The molecule has 2 heterocycles. The number of nitrogens with zero attached hydrogens (tertiary/aromatic N) is 2. The van der Waals surface area contributed by atoms with Gasteiger partial charge in [-0.3, -0.25) is 4.79 Å². The monoisotopic (exact) mass is 334 g/mol. The SMILES string of the molecule is CCc1cccc(OC2CN(C(=O)c3cc4ccccc4n3C)C2)c1. The fraction of sp³-hybridized carbons (Fsp3) is 0.286. The second kappa shape index (κ2) is 6.28. The van der Waals surface area contributed by atoms with Crippen LogP contribution >= 0.6 is 0 Å². The summed E-state index contributed by atoms with van der Waals surface area (Å²) in [5, 5.41) is 1.10. The van der Waals surface area contributed by atoms with Gasteiger partial charge in [-0.1, -0.05) is 37.3 Å². The summed E-state index contributed by atoms with van der Waals surface area (Å²) in [6.07, 6.45) is 1.07. The number of rotatable bonds is 4. The van der Waals surface area contributed by atoms with Gasteiger partial charge in [0.15, 0.2) is 0 Å². The van der Waals surface area contributed by atoms with Crippen molar-refractivity contribution in [3.63, 3.8) is 0 Å². The molecule has 0 saturated carbocycles. The number of fused-ring (bicyclic) bond motifs is 1. The number of likely N-dealkylation sites (tertiary alicyclic amines) is 1. The van der Waals surface area contributed by atoms with E-state index in [1.807, 2.05) is 59.0 Å². The lowest BCUT2D eigenvalue weighted by atomic mass is 10.1. The largest absolute Gasteiger partial charge is 0.487 e. The van der Waals surface area contributed by atoms with Gasteiger partial charge in [0.05, 0.1) is 13.1 Å². The first-order valence-corrected chi connectivity index (χ1v) is 8.75. The van der Waals surface area contributed by atoms with E-state index < -0.39 is 0 Å². The molecule has 0 bridgehead atoms. The van der Waals surface area contributed by atoms with E-state index >= 15 is 0 Å². The molecule has 4 heteroatoms. The van der Waals surface area contributed by atoms with Gasteiger partial charge in [0.1, 0.15) is 17.5 Å². The van der Waals surface area contributed by atoms with Crippen LogP contribution in [0, 0.1) is 0 Å². The molecule has 2 aromatic carbocycles. The van der Waals surface area contributed by atoms with Gasteiger partial charge in [-0.25, -0.2) is 0 Å². The van der Waals surface area contributed by atoms with E-state index in [0.717, 1.165) is 28.8 Å². The highest BCUT2D eigenvalue weighted by Crippen LogP contribution is 2.24. The number of aromatic nitrogens is 1. The Bertz CT molecular complexity index is 923. The Morgan fingerprint density at radius 3 is 2.68 bits per heavy atom. The molecule has 1 amide bonds. The first-order chi connectivity index (χ1) is 12.2. The summed E-state index contributed by atoms with van der Waals surface area (Å²) in [4.78, 5) is 14.6. The van der Waals surface area contributed by atoms with Gasteiger partial charge >= 0.3 is 0 Å². The number of hydrogen-bond acceptors (Lipinski definition) is 2. The standard InChI is InChI=1S/C21H22N2O2/c1-3-15-7-6-9-17(11-15)25-18-13-23(14-18)21(24)20-12-16-8-4-5-10-19(16)22(20)2/h4-12,18H,3,13-14H2,1-2H3. The second-order valence-corrected chi connectivity index (χ2v) is 6.60. The van der Waals surface area contributed by atoms with Crippen LogP contribution in [0.2, 0.25) is 0 Å². The first-order valence-electron chi connectivity index (χ1n) is 8.75. The topological polar surface area (TPSA) is 34.5 Å². The smallest absolute Gasteiger partial charge is 0.270 e. The highest BCUT2D eigenvalue weighted by Gasteiger charge is 2.34. The molecular weight excluding hydrogens is 312 g/mol. The summed E-state index contributed by atoms with van der Waals surface area (Å²) in [6.45, 7) is 3.40. The van der Waals surface area contributed by atoms with Crippen molar-refractivity contribution in [2.24, 2.45) is 7.05 Å². The average molecular weight is 334 g/mol. The summed E-state index contributed by atoms with van der Waals surface area (Å²) in [6, 6.07) is 18.2. The Morgan fingerprint density at radius 2 is 1.92 bits per heavy atom. The average Bonchev–Trinajstić information content (AvgIpc) is 2.95. The van der Waals surface area contributed by atoms with Crippen LogP contribution in [-0.4, -0.2) is 34.6 Å². The van der Waals surface area contributed by atoms with Crippen molar-refractivity contribution in [3.8, 4) is 5.75 Å². The molecule has 0 radical (unpaired) electrons. The molecule has 1 aromatic heterocycles. The Balaban J connectivity index is 1.42. The Morgan fingerprint density at radius 1 is 1.12 bits per heavy atom. The zero-order chi connectivity index (χ0) is 17.4. The molecule has 1 fully saturated rings. The molecule has 128 valence electrons. The van der Waals surface area contributed by atoms with Crippen LogP contribution in [0.5, 0.6) is 5.75 Å². The number of ether oxygens (including phenoxy) is 1. The van der Waals surface area contributed by atoms with E-state index in [9.17, 15) is 4.79 Å². The van der Waals surface area contributed by atoms with Crippen molar-refractivity contribution in [2.75, 3.05) is 13.1 Å². The lowest BCUT2D eigenvalue weighted by molar-refractivity contribution is 0.0171. The molecule has 3 aromatic rings. The van der Waals surface area contributed by atoms with Gasteiger partial charge < -0.3 is 14.2 Å². The molecule has 0 spiro atoms. The van der Waals surface area contributed by atoms with Crippen LogP contribution in [0.1, 0.15) is 23.0 Å². The summed E-state index contributed by atoms with van der Waals surface area (Å²) in [5.74, 6) is 0.960. The summed E-state index contributed by atoms with van der Waals surface area (Å²) in [5.41, 5.74) is 3.07. The maximum Gasteiger partial charge on any atom is 0.270 e. The molecule has 0 atom stereocenters.